The van der Waals surface area contributed by atoms with Gasteiger partial charge in [0.25, 0.3) is 0 Å². The SMILES string of the molecule is O=C1CC(S(=O)(=O)F)CN1CCCc1ccco1. The number of aryl methyl sites for hydroxylation is 1. The summed E-state index contributed by atoms with van der Waals surface area (Å²) in [7, 11) is -4.62. The van der Waals surface area contributed by atoms with Gasteiger partial charge < -0.3 is 9.32 Å². The maximum Gasteiger partial charge on any atom is 0.307 e. The van der Waals surface area contributed by atoms with E-state index in [1.165, 1.54) is 4.90 Å². The van der Waals surface area contributed by atoms with Crippen LogP contribution in [0.5, 0.6) is 0 Å². The fraction of sp³-hybridized carbons (Fsp3) is 0.545. The summed E-state index contributed by atoms with van der Waals surface area (Å²) in [5, 5.41) is -1.20. The maximum absolute atomic E-state index is 12.8. The van der Waals surface area contributed by atoms with E-state index in [1.807, 2.05) is 6.07 Å². The third-order valence-electron chi connectivity index (χ3n) is 3.01. The number of carbonyl (C=O) groups is 1. The zero-order valence-electron chi connectivity index (χ0n) is 9.71. The van der Waals surface area contributed by atoms with Crippen molar-refractivity contribution in [3.63, 3.8) is 0 Å². The Morgan fingerprint density at radius 1 is 1.50 bits per heavy atom. The summed E-state index contributed by atoms with van der Waals surface area (Å²) in [6.45, 7) is 0.376. The molecule has 1 aromatic rings. The summed E-state index contributed by atoms with van der Waals surface area (Å²) in [5.41, 5.74) is 0. The van der Waals surface area contributed by atoms with E-state index < -0.39 is 15.5 Å². The van der Waals surface area contributed by atoms with E-state index in [9.17, 15) is 17.1 Å². The minimum Gasteiger partial charge on any atom is -0.469 e. The number of carbonyl (C=O) groups excluding carboxylic acids is 1. The summed E-state index contributed by atoms with van der Waals surface area (Å²) in [6, 6.07) is 3.61. The van der Waals surface area contributed by atoms with Crippen LogP contribution in [0.15, 0.2) is 22.8 Å². The molecule has 1 amide bonds. The molecule has 2 rings (SSSR count). The highest BCUT2D eigenvalue weighted by atomic mass is 32.3. The Kier molecular flexibility index (Phi) is 3.70. The first-order valence-corrected chi connectivity index (χ1v) is 7.15. The fourth-order valence-corrected chi connectivity index (χ4v) is 2.74. The largest absolute Gasteiger partial charge is 0.469 e. The molecule has 0 saturated carbocycles. The standard InChI is InChI=1S/C11H14FNO4S/c12-18(15,16)10-7-11(14)13(8-10)5-1-3-9-4-2-6-17-9/h2,4,6,10H,1,3,5,7-8H2. The van der Waals surface area contributed by atoms with Gasteiger partial charge in [-0.2, -0.15) is 8.42 Å². The molecular formula is C11H14FNO4S. The van der Waals surface area contributed by atoms with Gasteiger partial charge >= 0.3 is 10.2 Å². The lowest BCUT2D eigenvalue weighted by Crippen LogP contribution is -2.28. The Balaban J connectivity index is 1.82. The van der Waals surface area contributed by atoms with Crippen molar-refractivity contribution >= 4 is 16.1 Å². The van der Waals surface area contributed by atoms with Crippen molar-refractivity contribution in [2.45, 2.75) is 24.5 Å². The fourth-order valence-electron chi connectivity index (χ4n) is 2.04. The summed E-state index contributed by atoms with van der Waals surface area (Å²) in [6.07, 6.45) is 2.66. The average Bonchev–Trinajstić information content (AvgIpc) is 2.88. The minimum atomic E-state index is -4.62. The third-order valence-corrected chi connectivity index (χ3v) is 4.12. The second-order valence-electron chi connectivity index (χ2n) is 4.32. The van der Waals surface area contributed by atoms with Crippen molar-refractivity contribution < 1.29 is 21.5 Å². The Bertz CT molecular complexity index is 511. The van der Waals surface area contributed by atoms with Crippen LogP contribution in [0, 0.1) is 0 Å². The number of halogens is 1. The molecule has 0 N–H and O–H groups in total. The van der Waals surface area contributed by atoms with Crippen LogP contribution in [0.25, 0.3) is 0 Å². The Morgan fingerprint density at radius 3 is 2.83 bits per heavy atom. The average molecular weight is 275 g/mol. The molecule has 18 heavy (non-hydrogen) atoms. The molecule has 5 nitrogen and oxygen atoms in total. The molecule has 0 radical (unpaired) electrons. The first kappa shape index (κ1) is 13.1. The van der Waals surface area contributed by atoms with E-state index in [2.05, 4.69) is 0 Å². The number of rotatable bonds is 5. The predicted molar refractivity (Wildman–Crippen MR) is 62.0 cm³/mol. The predicted octanol–water partition coefficient (Wildman–Crippen LogP) is 1.11. The Morgan fingerprint density at radius 2 is 2.28 bits per heavy atom. The highest BCUT2D eigenvalue weighted by Crippen LogP contribution is 2.20. The van der Waals surface area contributed by atoms with Gasteiger partial charge in [-0.15, -0.1) is 3.89 Å². The van der Waals surface area contributed by atoms with E-state index in [0.717, 1.165) is 5.76 Å². The molecule has 1 fully saturated rings. The van der Waals surface area contributed by atoms with Gasteiger partial charge in [0.05, 0.1) is 6.26 Å². The monoisotopic (exact) mass is 275 g/mol. The van der Waals surface area contributed by atoms with Crippen LogP contribution in [-0.2, 0) is 21.4 Å². The summed E-state index contributed by atoms with van der Waals surface area (Å²) >= 11 is 0. The van der Waals surface area contributed by atoms with Gasteiger partial charge in [0, 0.05) is 25.9 Å². The summed E-state index contributed by atoms with van der Waals surface area (Å²) < 4.78 is 39.4. The van der Waals surface area contributed by atoms with Crippen LogP contribution in [0.4, 0.5) is 3.89 Å². The van der Waals surface area contributed by atoms with Crippen molar-refractivity contribution in [1.29, 1.82) is 0 Å². The molecule has 0 aromatic carbocycles. The van der Waals surface area contributed by atoms with Gasteiger partial charge in [-0.3, -0.25) is 4.79 Å². The van der Waals surface area contributed by atoms with E-state index in [4.69, 9.17) is 4.42 Å². The number of nitrogens with zero attached hydrogens (tertiary/aromatic N) is 1. The molecule has 100 valence electrons. The molecule has 0 bridgehead atoms. The van der Waals surface area contributed by atoms with E-state index >= 15 is 0 Å². The Labute approximate surface area is 105 Å². The number of furan rings is 1. The van der Waals surface area contributed by atoms with Crippen molar-refractivity contribution in [3.8, 4) is 0 Å². The van der Waals surface area contributed by atoms with Crippen LogP contribution in [0.2, 0.25) is 0 Å². The van der Waals surface area contributed by atoms with Gasteiger partial charge in [-0.25, -0.2) is 0 Å². The normalized spacial score (nSPS) is 20.6. The highest BCUT2D eigenvalue weighted by Gasteiger charge is 2.37. The van der Waals surface area contributed by atoms with E-state index in [1.54, 1.807) is 12.3 Å². The van der Waals surface area contributed by atoms with Gasteiger partial charge in [-0.1, -0.05) is 0 Å². The molecule has 1 unspecified atom stereocenters. The second kappa shape index (κ2) is 5.09. The number of amides is 1. The number of likely N-dealkylation sites (tertiary alicyclic amines) is 1. The topological polar surface area (TPSA) is 67.6 Å². The molecule has 1 aliphatic heterocycles. The van der Waals surface area contributed by atoms with Crippen molar-refractivity contribution in [2.75, 3.05) is 13.1 Å². The highest BCUT2D eigenvalue weighted by molar-refractivity contribution is 7.87. The van der Waals surface area contributed by atoms with Gasteiger partial charge in [0.1, 0.15) is 11.0 Å². The molecule has 0 spiro atoms. The van der Waals surface area contributed by atoms with Crippen LogP contribution < -0.4 is 0 Å². The third kappa shape index (κ3) is 3.10. The van der Waals surface area contributed by atoms with Crippen LogP contribution >= 0.6 is 0 Å². The van der Waals surface area contributed by atoms with Crippen LogP contribution in [0.1, 0.15) is 18.6 Å². The van der Waals surface area contributed by atoms with Crippen molar-refractivity contribution in [2.24, 2.45) is 0 Å². The lowest BCUT2D eigenvalue weighted by Gasteiger charge is -2.15. The maximum atomic E-state index is 12.8. The molecule has 1 aromatic heterocycles. The summed E-state index contributed by atoms with van der Waals surface area (Å²) in [4.78, 5) is 12.9. The first-order valence-electron chi connectivity index (χ1n) is 5.70. The zero-order chi connectivity index (χ0) is 13.2. The van der Waals surface area contributed by atoms with Crippen LogP contribution in [0.3, 0.4) is 0 Å². The second-order valence-corrected chi connectivity index (χ2v) is 5.94. The Hall–Kier alpha value is -1.37. The number of hydrogen-bond acceptors (Lipinski definition) is 4. The van der Waals surface area contributed by atoms with Gasteiger partial charge in [0.2, 0.25) is 5.91 Å². The quantitative estimate of drug-likeness (QED) is 0.755. The zero-order valence-corrected chi connectivity index (χ0v) is 10.5. The van der Waals surface area contributed by atoms with Gasteiger partial charge in [-0.05, 0) is 18.6 Å². The molecule has 1 aliphatic rings. The lowest BCUT2D eigenvalue weighted by molar-refractivity contribution is -0.127. The number of hydrogen-bond donors (Lipinski definition) is 0. The van der Waals surface area contributed by atoms with E-state index in [-0.39, 0.29) is 18.9 Å². The molecular weight excluding hydrogens is 261 g/mol. The van der Waals surface area contributed by atoms with Crippen LogP contribution in [-0.4, -0.2) is 37.6 Å². The molecule has 0 aliphatic carbocycles. The minimum absolute atomic E-state index is 0.0458. The van der Waals surface area contributed by atoms with Crippen molar-refractivity contribution in [3.05, 3.63) is 24.2 Å². The van der Waals surface area contributed by atoms with Gasteiger partial charge in [0.15, 0.2) is 0 Å². The molecule has 1 atom stereocenters. The van der Waals surface area contributed by atoms with E-state index in [0.29, 0.717) is 19.4 Å². The first-order chi connectivity index (χ1) is 8.47. The lowest BCUT2D eigenvalue weighted by atomic mass is 10.2. The molecule has 1 saturated heterocycles. The van der Waals surface area contributed by atoms with Crippen molar-refractivity contribution in [1.82, 2.24) is 4.90 Å². The smallest absolute Gasteiger partial charge is 0.307 e. The molecule has 2 heterocycles. The summed E-state index contributed by atoms with van der Waals surface area (Å²) in [5.74, 6) is 0.511. The molecule has 7 heteroatoms.